The number of pyridine rings is 1. The molecule has 1 aliphatic rings. The fourth-order valence-electron chi connectivity index (χ4n) is 4.16. The molecule has 0 amide bonds. The van der Waals surface area contributed by atoms with Crippen molar-refractivity contribution in [1.82, 2.24) is 4.98 Å². The molecular formula is C25H27Cl2FN4. The van der Waals surface area contributed by atoms with Crippen LogP contribution in [0.1, 0.15) is 31.2 Å². The molecule has 168 valence electrons. The second-order valence-corrected chi connectivity index (χ2v) is 9.14. The van der Waals surface area contributed by atoms with E-state index in [-0.39, 0.29) is 5.82 Å². The molecule has 1 fully saturated rings. The topological polar surface area (TPSA) is 63.0 Å². The number of aromatic nitrogens is 1. The van der Waals surface area contributed by atoms with Crippen molar-refractivity contribution in [3.63, 3.8) is 0 Å². The average molecular weight is 473 g/mol. The SMILES string of the molecule is NCC1CCC(Nc2cc(-c3ccc(Cl)c(NCc4cccc(F)c4)c3)c(Cl)cn2)CC1. The lowest BCUT2D eigenvalue weighted by Crippen LogP contribution is -2.29. The van der Waals surface area contributed by atoms with Crippen LogP contribution >= 0.6 is 23.2 Å². The Morgan fingerprint density at radius 1 is 1.00 bits per heavy atom. The molecule has 0 atom stereocenters. The zero-order chi connectivity index (χ0) is 22.5. The van der Waals surface area contributed by atoms with Crippen LogP contribution in [0.4, 0.5) is 15.9 Å². The lowest BCUT2D eigenvalue weighted by Gasteiger charge is -2.28. The summed E-state index contributed by atoms with van der Waals surface area (Å²) in [6.45, 7) is 1.23. The van der Waals surface area contributed by atoms with Gasteiger partial charge in [-0.1, -0.05) is 41.4 Å². The van der Waals surface area contributed by atoms with E-state index < -0.39 is 0 Å². The van der Waals surface area contributed by atoms with E-state index in [0.717, 1.165) is 60.4 Å². The predicted octanol–water partition coefficient (Wildman–Crippen LogP) is 6.74. The van der Waals surface area contributed by atoms with E-state index >= 15 is 0 Å². The highest BCUT2D eigenvalue weighted by atomic mass is 35.5. The number of halogens is 3. The second-order valence-electron chi connectivity index (χ2n) is 8.33. The minimum Gasteiger partial charge on any atom is -0.380 e. The van der Waals surface area contributed by atoms with E-state index in [1.807, 2.05) is 30.3 Å². The first kappa shape index (κ1) is 22.8. The summed E-state index contributed by atoms with van der Waals surface area (Å²) >= 11 is 12.9. The molecule has 4 N–H and O–H groups in total. The number of nitrogens with one attached hydrogen (secondary N) is 2. The van der Waals surface area contributed by atoms with E-state index in [0.29, 0.717) is 28.5 Å². The van der Waals surface area contributed by atoms with Crippen LogP contribution < -0.4 is 16.4 Å². The first-order valence-electron chi connectivity index (χ1n) is 10.9. The summed E-state index contributed by atoms with van der Waals surface area (Å²) in [5, 5.41) is 8.00. The van der Waals surface area contributed by atoms with Crippen LogP contribution in [0.25, 0.3) is 11.1 Å². The third kappa shape index (κ3) is 5.71. The molecular weight excluding hydrogens is 446 g/mol. The second kappa shape index (κ2) is 10.5. The standard InChI is InChI=1S/C25H27Cl2FN4/c26-22-9-6-18(11-24(22)30-14-17-2-1-3-19(28)10-17)21-12-25(31-15-23(21)27)32-20-7-4-16(13-29)5-8-20/h1-3,6,9-12,15-16,20,30H,4-5,7-8,13-14,29H2,(H,31,32). The van der Waals surface area contributed by atoms with Gasteiger partial charge in [-0.15, -0.1) is 0 Å². The van der Waals surface area contributed by atoms with Crippen molar-refractivity contribution in [2.75, 3.05) is 17.2 Å². The monoisotopic (exact) mass is 472 g/mol. The van der Waals surface area contributed by atoms with Gasteiger partial charge in [0.1, 0.15) is 11.6 Å². The fourth-order valence-corrected chi connectivity index (χ4v) is 4.56. The Hall–Kier alpha value is -2.34. The van der Waals surface area contributed by atoms with E-state index in [9.17, 15) is 4.39 Å². The molecule has 4 nitrogen and oxygen atoms in total. The highest BCUT2D eigenvalue weighted by Crippen LogP contribution is 2.35. The Bertz CT molecular complexity index is 1070. The summed E-state index contributed by atoms with van der Waals surface area (Å²) in [4.78, 5) is 4.48. The largest absolute Gasteiger partial charge is 0.380 e. The predicted molar refractivity (Wildman–Crippen MR) is 132 cm³/mol. The number of nitrogens with zero attached hydrogens (tertiary/aromatic N) is 1. The van der Waals surface area contributed by atoms with E-state index in [2.05, 4.69) is 15.6 Å². The van der Waals surface area contributed by atoms with Gasteiger partial charge in [-0.3, -0.25) is 0 Å². The van der Waals surface area contributed by atoms with Crippen molar-refractivity contribution < 1.29 is 4.39 Å². The smallest absolute Gasteiger partial charge is 0.126 e. The van der Waals surface area contributed by atoms with Crippen LogP contribution in [0, 0.1) is 11.7 Å². The van der Waals surface area contributed by atoms with Crippen molar-refractivity contribution in [2.24, 2.45) is 11.7 Å². The van der Waals surface area contributed by atoms with Gasteiger partial charge in [0.15, 0.2) is 0 Å². The number of hydrogen-bond acceptors (Lipinski definition) is 4. The molecule has 0 bridgehead atoms. The zero-order valence-electron chi connectivity index (χ0n) is 17.8. The van der Waals surface area contributed by atoms with Crippen LogP contribution in [0.5, 0.6) is 0 Å². The first-order valence-corrected chi connectivity index (χ1v) is 11.7. The van der Waals surface area contributed by atoms with Crippen LogP contribution in [-0.4, -0.2) is 17.6 Å². The summed E-state index contributed by atoms with van der Waals surface area (Å²) in [7, 11) is 0. The maximum Gasteiger partial charge on any atom is 0.126 e. The van der Waals surface area contributed by atoms with Gasteiger partial charge in [-0.2, -0.15) is 0 Å². The van der Waals surface area contributed by atoms with Gasteiger partial charge < -0.3 is 16.4 Å². The van der Waals surface area contributed by atoms with E-state index in [1.165, 1.54) is 12.1 Å². The van der Waals surface area contributed by atoms with Crippen LogP contribution in [-0.2, 0) is 6.54 Å². The molecule has 0 spiro atoms. The highest BCUT2D eigenvalue weighted by molar-refractivity contribution is 6.34. The third-order valence-electron chi connectivity index (χ3n) is 6.04. The molecule has 3 aromatic rings. The van der Waals surface area contributed by atoms with Gasteiger partial charge in [0.2, 0.25) is 0 Å². The lowest BCUT2D eigenvalue weighted by molar-refractivity contribution is 0.344. The Labute approximate surface area is 198 Å². The summed E-state index contributed by atoms with van der Waals surface area (Å²) in [6, 6.07) is 14.6. The van der Waals surface area contributed by atoms with Crippen LogP contribution in [0.3, 0.4) is 0 Å². The van der Waals surface area contributed by atoms with Crippen molar-refractivity contribution in [1.29, 1.82) is 0 Å². The highest BCUT2D eigenvalue weighted by Gasteiger charge is 2.20. The summed E-state index contributed by atoms with van der Waals surface area (Å²) in [6.07, 6.45) is 6.16. The quantitative estimate of drug-likeness (QED) is 0.356. The number of benzene rings is 2. The van der Waals surface area contributed by atoms with E-state index in [4.69, 9.17) is 28.9 Å². The Morgan fingerprint density at radius 3 is 2.56 bits per heavy atom. The molecule has 0 aliphatic heterocycles. The molecule has 1 aliphatic carbocycles. The Kier molecular flexibility index (Phi) is 7.51. The molecule has 1 aromatic heterocycles. The average Bonchev–Trinajstić information content (AvgIpc) is 2.80. The Balaban J connectivity index is 1.50. The van der Waals surface area contributed by atoms with Gasteiger partial charge in [-0.05, 0) is 79.6 Å². The minimum atomic E-state index is -0.260. The molecule has 32 heavy (non-hydrogen) atoms. The lowest BCUT2D eigenvalue weighted by atomic mass is 9.86. The Morgan fingerprint density at radius 2 is 1.81 bits per heavy atom. The van der Waals surface area contributed by atoms with E-state index in [1.54, 1.807) is 12.3 Å². The normalized spacial score (nSPS) is 18.4. The van der Waals surface area contributed by atoms with Gasteiger partial charge in [0, 0.05) is 24.3 Å². The molecule has 0 unspecified atom stereocenters. The summed E-state index contributed by atoms with van der Waals surface area (Å²) in [5.41, 5.74) is 9.21. The van der Waals surface area contributed by atoms with Crippen LogP contribution in [0.2, 0.25) is 10.0 Å². The zero-order valence-corrected chi connectivity index (χ0v) is 19.3. The third-order valence-corrected chi connectivity index (χ3v) is 6.67. The maximum atomic E-state index is 13.5. The summed E-state index contributed by atoms with van der Waals surface area (Å²) < 4.78 is 13.5. The van der Waals surface area contributed by atoms with Crippen LogP contribution in [0.15, 0.2) is 54.7 Å². The minimum absolute atomic E-state index is 0.260. The molecule has 2 aromatic carbocycles. The van der Waals surface area contributed by atoms with Gasteiger partial charge in [-0.25, -0.2) is 9.37 Å². The molecule has 7 heteroatoms. The number of hydrogen-bond donors (Lipinski definition) is 3. The van der Waals surface area contributed by atoms with Crippen molar-refractivity contribution in [2.45, 2.75) is 38.3 Å². The van der Waals surface area contributed by atoms with Gasteiger partial charge >= 0.3 is 0 Å². The van der Waals surface area contributed by atoms with Crippen molar-refractivity contribution in [3.05, 3.63) is 76.2 Å². The molecule has 4 rings (SSSR count). The van der Waals surface area contributed by atoms with Crippen molar-refractivity contribution >= 4 is 34.7 Å². The first-order chi connectivity index (χ1) is 15.5. The van der Waals surface area contributed by atoms with Crippen molar-refractivity contribution in [3.8, 4) is 11.1 Å². The fraction of sp³-hybridized carbons (Fsp3) is 0.320. The molecule has 1 heterocycles. The summed E-state index contributed by atoms with van der Waals surface area (Å²) in [5.74, 6) is 1.18. The maximum absolute atomic E-state index is 13.5. The number of rotatable bonds is 7. The molecule has 0 saturated heterocycles. The number of anilines is 2. The molecule has 0 radical (unpaired) electrons. The number of nitrogens with two attached hydrogens (primary N) is 1. The molecule has 1 saturated carbocycles. The van der Waals surface area contributed by atoms with Gasteiger partial charge in [0.05, 0.1) is 15.7 Å². The van der Waals surface area contributed by atoms with Gasteiger partial charge in [0.25, 0.3) is 0 Å².